The number of thioether (sulfide) groups is 1. The van der Waals surface area contributed by atoms with Gasteiger partial charge in [-0.3, -0.25) is 0 Å². The van der Waals surface area contributed by atoms with Crippen molar-refractivity contribution < 1.29 is 18.5 Å². The predicted octanol–water partition coefficient (Wildman–Crippen LogP) is 4.67. The lowest BCUT2D eigenvalue weighted by Gasteiger charge is -2.06. The van der Waals surface area contributed by atoms with Crippen LogP contribution in [0, 0.1) is 0 Å². The highest BCUT2D eigenvalue weighted by Gasteiger charge is 2.15. The fourth-order valence-electron chi connectivity index (χ4n) is 1.92. The second kappa shape index (κ2) is 6.93. The van der Waals surface area contributed by atoms with Crippen LogP contribution in [0.1, 0.15) is 16.1 Å². The van der Waals surface area contributed by atoms with Crippen LogP contribution in [0.5, 0.6) is 0 Å². The first-order valence-corrected chi connectivity index (χ1v) is 8.28. The fraction of sp³-hybridized carbons (Fsp3) is 0.125. The van der Waals surface area contributed by atoms with Crippen molar-refractivity contribution >= 4 is 29.3 Å². The molecule has 0 saturated carbocycles. The highest BCUT2D eigenvalue weighted by atomic mass is 35.5. The predicted molar refractivity (Wildman–Crippen MR) is 86.6 cm³/mol. The number of nitrogens with zero attached hydrogens (tertiary/aromatic N) is 1. The summed E-state index contributed by atoms with van der Waals surface area (Å²) in [7, 11) is 0. The molecule has 0 saturated heterocycles. The Bertz CT molecular complexity index is 813. The smallest absolute Gasteiger partial charge is 0.340 e. The maximum absolute atomic E-state index is 12.1. The van der Waals surface area contributed by atoms with Gasteiger partial charge in [-0.1, -0.05) is 16.8 Å². The zero-order chi connectivity index (χ0) is 16.2. The monoisotopic (exact) mass is 349 g/mol. The Balaban J connectivity index is 1.67. The molecule has 118 valence electrons. The second-order valence-electron chi connectivity index (χ2n) is 4.58. The van der Waals surface area contributed by atoms with E-state index in [2.05, 4.69) is 5.16 Å². The normalized spacial score (nSPS) is 10.7. The van der Waals surface area contributed by atoms with Gasteiger partial charge in [-0.2, -0.15) is 0 Å². The summed E-state index contributed by atoms with van der Waals surface area (Å²) in [6.07, 6.45) is 3.46. The lowest BCUT2D eigenvalue weighted by Crippen LogP contribution is -2.06. The van der Waals surface area contributed by atoms with Gasteiger partial charge in [0.25, 0.3) is 0 Å². The quantitative estimate of drug-likeness (QED) is 0.492. The number of esters is 1. The Labute approximate surface area is 141 Å². The second-order valence-corrected chi connectivity index (χ2v) is 5.87. The molecule has 0 N–H and O–H groups in total. The Morgan fingerprint density at radius 1 is 1.30 bits per heavy atom. The third kappa shape index (κ3) is 3.60. The van der Waals surface area contributed by atoms with E-state index in [-0.39, 0.29) is 6.61 Å². The van der Waals surface area contributed by atoms with E-state index in [1.165, 1.54) is 18.0 Å². The lowest BCUT2D eigenvalue weighted by molar-refractivity contribution is 0.0464. The van der Waals surface area contributed by atoms with Gasteiger partial charge in [-0.05, 0) is 36.6 Å². The van der Waals surface area contributed by atoms with E-state index in [1.54, 1.807) is 30.3 Å². The van der Waals surface area contributed by atoms with Gasteiger partial charge in [0.15, 0.2) is 5.76 Å². The number of aromatic nitrogens is 1. The molecule has 23 heavy (non-hydrogen) atoms. The topological polar surface area (TPSA) is 65.5 Å². The van der Waals surface area contributed by atoms with E-state index in [0.29, 0.717) is 27.8 Å². The largest absolute Gasteiger partial charge is 0.461 e. The summed E-state index contributed by atoms with van der Waals surface area (Å²) in [4.78, 5) is 13.1. The molecule has 0 amide bonds. The number of carbonyl (C=O) groups excluding carboxylic acids is 1. The molecule has 0 bridgehead atoms. The Kier molecular flexibility index (Phi) is 4.73. The minimum absolute atomic E-state index is 0.0110. The van der Waals surface area contributed by atoms with Crippen LogP contribution in [0.2, 0.25) is 5.02 Å². The van der Waals surface area contributed by atoms with Crippen molar-refractivity contribution in [2.45, 2.75) is 11.5 Å². The SMILES string of the molecule is CSc1ccc(Cl)c(C(=O)OCc2cc(-c3ccco3)on2)c1. The van der Waals surface area contributed by atoms with Gasteiger partial charge < -0.3 is 13.7 Å². The number of ether oxygens (including phenoxy) is 1. The van der Waals surface area contributed by atoms with Crippen molar-refractivity contribution in [3.63, 3.8) is 0 Å². The Hall–Kier alpha value is -2.18. The summed E-state index contributed by atoms with van der Waals surface area (Å²) in [6.45, 7) is -0.0110. The summed E-state index contributed by atoms with van der Waals surface area (Å²) in [5.41, 5.74) is 0.815. The van der Waals surface area contributed by atoms with Crippen molar-refractivity contribution in [2.75, 3.05) is 6.26 Å². The molecule has 3 aromatic rings. The minimum atomic E-state index is -0.506. The number of halogens is 1. The van der Waals surface area contributed by atoms with Crippen LogP contribution in [0.4, 0.5) is 0 Å². The first-order valence-electron chi connectivity index (χ1n) is 6.67. The van der Waals surface area contributed by atoms with E-state index >= 15 is 0 Å². The highest BCUT2D eigenvalue weighted by Crippen LogP contribution is 2.24. The van der Waals surface area contributed by atoms with Crippen LogP contribution in [0.25, 0.3) is 11.5 Å². The summed E-state index contributed by atoms with van der Waals surface area (Å²) in [5, 5.41) is 4.20. The average molecular weight is 350 g/mol. The molecule has 3 rings (SSSR count). The number of carbonyl (C=O) groups is 1. The molecule has 0 aliphatic heterocycles. The van der Waals surface area contributed by atoms with E-state index in [9.17, 15) is 4.79 Å². The standard InChI is InChI=1S/C16H12ClNO4S/c1-23-11-4-5-13(17)12(8-11)16(19)21-9-10-7-15(22-18-10)14-3-2-6-20-14/h2-8H,9H2,1H3. The number of furan rings is 1. The summed E-state index contributed by atoms with van der Waals surface area (Å²) < 4.78 is 15.6. The van der Waals surface area contributed by atoms with Crippen LogP contribution in [-0.4, -0.2) is 17.4 Å². The summed E-state index contributed by atoms with van der Waals surface area (Å²) >= 11 is 7.57. The number of hydrogen-bond acceptors (Lipinski definition) is 6. The molecule has 2 aromatic heterocycles. The number of hydrogen-bond donors (Lipinski definition) is 0. The molecule has 0 aliphatic rings. The van der Waals surface area contributed by atoms with Crippen molar-refractivity contribution in [1.82, 2.24) is 5.16 Å². The lowest BCUT2D eigenvalue weighted by atomic mass is 10.2. The molecule has 2 heterocycles. The van der Waals surface area contributed by atoms with Crippen molar-refractivity contribution in [3.05, 3.63) is 58.9 Å². The maximum atomic E-state index is 12.1. The maximum Gasteiger partial charge on any atom is 0.340 e. The molecule has 0 aliphatic carbocycles. The van der Waals surface area contributed by atoms with Crippen molar-refractivity contribution in [3.8, 4) is 11.5 Å². The molecule has 0 fully saturated rings. The molecule has 1 aromatic carbocycles. The molecule has 7 heteroatoms. The number of rotatable bonds is 5. The summed E-state index contributed by atoms with van der Waals surface area (Å²) in [6, 6.07) is 10.4. The Morgan fingerprint density at radius 3 is 2.91 bits per heavy atom. The zero-order valence-corrected chi connectivity index (χ0v) is 13.7. The third-order valence-electron chi connectivity index (χ3n) is 3.07. The molecule has 0 atom stereocenters. The van der Waals surface area contributed by atoms with E-state index in [1.807, 2.05) is 12.3 Å². The molecule has 0 unspecified atom stereocenters. The van der Waals surface area contributed by atoms with Gasteiger partial charge in [0, 0.05) is 11.0 Å². The third-order valence-corrected chi connectivity index (χ3v) is 4.12. The fourth-order valence-corrected chi connectivity index (χ4v) is 2.55. The average Bonchev–Trinajstić information content (AvgIpc) is 3.24. The first kappa shape index (κ1) is 15.7. The molecule has 0 radical (unpaired) electrons. The van der Waals surface area contributed by atoms with Gasteiger partial charge in [-0.25, -0.2) is 4.79 Å². The molecule has 0 spiro atoms. The van der Waals surface area contributed by atoms with Crippen LogP contribution < -0.4 is 0 Å². The van der Waals surface area contributed by atoms with Crippen LogP contribution in [0.3, 0.4) is 0 Å². The first-order chi connectivity index (χ1) is 11.2. The van der Waals surface area contributed by atoms with Gasteiger partial charge in [0.1, 0.15) is 12.3 Å². The van der Waals surface area contributed by atoms with E-state index in [4.69, 9.17) is 25.3 Å². The molecular formula is C16H12ClNO4S. The van der Waals surface area contributed by atoms with Gasteiger partial charge in [0.05, 0.1) is 16.8 Å². The highest BCUT2D eigenvalue weighted by molar-refractivity contribution is 7.98. The van der Waals surface area contributed by atoms with E-state index < -0.39 is 5.97 Å². The number of benzene rings is 1. The summed E-state index contributed by atoms with van der Waals surface area (Å²) in [5.74, 6) is 0.530. The van der Waals surface area contributed by atoms with Gasteiger partial charge in [0.2, 0.25) is 5.76 Å². The van der Waals surface area contributed by atoms with E-state index in [0.717, 1.165) is 4.90 Å². The Morgan fingerprint density at radius 2 is 2.17 bits per heavy atom. The van der Waals surface area contributed by atoms with Crippen LogP contribution in [-0.2, 0) is 11.3 Å². The molecule has 5 nitrogen and oxygen atoms in total. The van der Waals surface area contributed by atoms with Gasteiger partial charge in [-0.15, -0.1) is 11.8 Å². The van der Waals surface area contributed by atoms with Gasteiger partial charge >= 0.3 is 5.97 Å². The van der Waals surface area contributed by atoms with Crippen LogP contribution >= 0.6 is 23.4 Å². The zero-order valence-electron chi connectivity index (χ0n) is 12.1. The minimum Gasteiger partial charge on any atom is -0.461 e. The van der Waals surface area contributed by atoms with Crippen LogP contribution in [0.15, 0.2) is 56.5 Å². The van der Waals surface area contributed by atoms with Crippen molar-refractivity contribution in [1.29, 1.82) is 0 Å². The molecular weight excluding hydrogens is 338 g/mol. The van der Waals surface area contributed by atoms with Crippen molar-refractivity contribution in [2.24, 2.45) is 0 Å².